The number of nitrogens with one attached hydrogen (secondary N) is 1. The molecule has 0 saturated heterocycles. The maximum absolute atomic E-state index is 11.8. The monoisotopic (exact) mass is 265 g/mol. The minimum Gasteiger partial charge on any atom is -0.461 e. The summed E-state index contributed by atoms with van der Waals surface area (Å²) in [7, 11) is 0. The summed E-state index contributed by atoms with van der Waals surface area (Å²) in [6, 6.07) is 1.47. The Morgan fingerprint density at radius 3 is 2.95 bits per heavy atom. The van der Waals surface area contributed by atoms with Gasteiger partial charge in [0.1, 0.15) is 5.65 Å². The fourth-order valence-corrected chi connectivity index (χ4v) is 1.92. The summed E-state index contributed by atoms with van der Waals surface area (Å²) in [4.78, 5) is 26.0. The first-order valence-electron chi connectivity index (χ1n) is 5.98. The average molecular weight is 265 g/mol. The molecule has 2 aromatic rings. The molecule has 0 radical (unpaired) electrons. The van der Waals surface area contributed by atoms with Crippen molar-refractivity contribution in [3.8, 4) is 0 Å². The molecule has 0 aliphatic carbocycles. The Kier molecular flexibility index (Phi) is 3.66. The summed E-state index contributed by atoms with van der Waals surface area (Å²) >= 11 is 0. The number of hydrogen-bond acceptors (Lipinski definition) is 5. The highest BCUT2D eigenvalue weighted by Crippen LogP contribution is 2.09. The Morgan fingerprint density at radius 2 is 2.32 bits per heavy atom. The van der Waals surface area contributed by atoms with Gasteiger partial charge in [-0.25, -0.2) is 9.31 Å². The number of rotatable bonds is 4. The van der Waals surface area contributed by atoms with Crippen LogP contribution in [0.2, 0.25) is 0 Å². The number of aryl methyl sites for hydroxylation is 1. The number of aliphatic hydroxyl groups excluding tert-OH is 1. The molecule has 2 aromatic heterocycles. The molecule has 19 heavy (non-hydrogen) atoms. The lowest BCUT2D eigenvalue weighted by Gasteiger charge is -2.04. The van der Waals surface area contributed by atoms with E-state index in [0.29, 0.717) is 16.9 Å². The van der Waals surface area contributed by atoms with Crippen LogP contribution in [0.5, 0.6) is 0 Å². The minimum atomic E-state index is -0.532. The Hall–Kier alpha value is -2.15. The summed E-state index contributed by atoms with van der Waals surface area (Å²) in [6.07, 6.45) is 0.242. The maximum Gasteiger partial charge on any atom is 0.358 e. The molecule has 0 fully saturated rings. The van der Waals surface area contributed by atoms with Crippen molar-refractivity contribution in [1.82, 2.24) is 14.6 Å². The van der Waals surface area contributed by atoms with Crippen LogP contribution < -0.4 is 5.56 Å². The molecule has 0 spiro atoms. The third-order valence-electron chi connectivity index (χ3n) is 2.83. The van der Waals surface area contributed by atoms with Crippen LogP contribution in [0, 0.1) is 6.92 Å². The van der Waals surface area contributed by atoms with E-state index >= 15 is 0 Å². The summed E-state index contributed by atoms with van der Waals surface area (Å²) < 4.78 is 6.33. The van der Waals surface area contributed by atoms with Gasteiger partial charge in [0.15, 0.2) is 5.69 Å². The van der Waals surface area contributed by atoms with Gasteiger partial charge in [-0.15, -0.1) is 0 Å². The Labute approximate surface area is 108 Å². The maximum atomic E-state index is 11.8. The second kappa shape index (κ2) is 5.23. The molecule has 0 saturated carbocycles. The van der Waals surface area contributed by atoms with Gasteiger partial charge in [0, 0.05) is 24.7 Å². The van der Waals surface area contributed by atoms with E-state index in [1.165, 1.54) is 10.6 Å². The SMILES string of the molecule is CCOC(=O)c1cc2[nH]c(=O)c(CCO)c(C)n2n1. The summed E-state index contributed by atoms with van der Waals surface area (Å²) in [5.74, 6) is -0.532. The third kappa shape index (κ3) is 2.37. The Balaban J connectivity index is 2.57. The predicted molar refractivity (Wildman–Crippen MR) is 67.3 cm³/mol. The number of hydrogen-bond donors (Lipinski definition) is 2. The third-order valence-corrected chi connectivity index (χ3v) is 2.83. The van der Waals surface area contributed by atoms with E-state index in [9.17, 15) is 9.59 Å². The minimum absolute atomic E-state index is 0.124. The summed E-state index contributed by atoms with van der Waals surface area (Å²) in [6.45, 7) is 3.56. The lowest BCUT2D eigenvalue weighted by Crippen LogP contribution is -2.19. The number of carbonyl (C=O) groups is 1. The Morgan fingerprint density at radius 1 is 1.58 bits per heavy atom. The number of aromatic nitrogens is 3. The van der Waals surface area contributed by atoms with Crippen molar-refractivity contribution in [2.75, 3.05) is 13.2 Å². The molecule has 102 valence electrons. The zero-order valence-corrected chi connectivity index (χ0v) is 10.8. The van der Waals surface area contributed by atoms with Gasteiger partial charge in [0.05, 0.1) is 12.3 Å². The van der Waals surface area contributed by atoms with Crippen molar-refractivity contribution in [2.45, 2.75) is 20.3 Å². The van der Waals surface area contributed by atoms with Gasteiger partial charge in [-0.05, 0) is 13.8 Å². The fraction of sp³-hybridized carbons (Fsp3) is 0.417. The van der Waals surface area contributed by atoms with Crippen molar-refractivity contribution in [1.29, 1.82) is 0 Å². The molecule has 0 aliphatic heterocycles. The molecular weight excluding hydrogens is 250 g/mol. The first-order valence-corrected chi connectivity index (χ1v) is 5.98. The second-order valence-electron chi connectivity index (χ2n) is 4.04. The van der Waals surface area contributed by atoms with Crippen LogP contribution in [0.25, 0.3) is 5.65 Å². The van der Waals surface area contributed by atoms with Crippen molar-refractivity contribution >= 4 is 11.6 Å². The molecular formula is C12H15N3O4. The average Bonchev–Trinajstić information content (AvgIpc) is 2.79. The van der Waals surface area contributed by atoms with E-state index in [4.69, 9.17) is 9.84 Å². The first-order chi connectivity index (χ1) is 9.08. The highest BCUT2D eigenvalue weighted by atomic mass is 16.5. The van der Waals surface area contributed by atoms with E-state index in [0.717, 1.165) is 0 Å². The van der Waals surface area contributed by atoms with E-state index in [1.807, 2.05) is 0 Å². The highest BCUT2D eigenvalue weighted by molar-refractivity contribution is 5.88. The number of aromatic amines is 1. The molecule has 2 heterocycles. The van der Waals surface area contributed by atoms with Crippen LogP contribution in [0.15, 0.2) is 10.9 Å². The number of esters is 1. The largest absolute Gasteiger partial charge is 0.461 e. The topological polar surface area (TPSA) is 96.7 Å². The molecule has 2 rings (SSSR count). The van der Waals surface area contributed by atoms with Crippen LogP contribution in [0.1, 0.15) is 28.7 Å². The normalized spacial score (nSPS) is 10.9. The standard InChI is InChI=1S/C12H15N3O4/c1-3-19-12(18)9-6-10-13-11(17)8(4-5-16)7(2)15(10)14-9/h6,16H,3-5H2,1-2H3,(H,13,17). The van der Waals surface area contributed by atoms with Crippen LogP contribution >= 0.6 is 0 Å². The highest BCUT2D eigenvalue weighted by Gasteiger charge is 2.15. The van der Waals surface area contributed by atoms with Crippen LogP contribution in [-0.4, -0.2) is 38.9 Å². The zero-order valence-electron chi connectivity index (χ0n) is 10.8. The van der Waals surface area contributed by atoms with Gasteiger partial charge in [-0.1, -0.05) is 0 Å². The van der Waals surface area contributed by atoms with Gasteiger partial charge in [0.2, 0.25) is 0 Å². The van der Waals surface area contributed by atoms with Crippen molar-refractivity contribution < 1.29 is 14.6 Å². The molecule has 7 heteroatoms. The van der Waals surface area contributed by atoms with Gasteiger partial charge < -0.3 is 14.8 Å². The van der Waals surface area contributed by atoms with Crippen LogP contribution in [0.3, 0.4) is 0 Å². The summed E-state index contributed by atoms with van der Waals surface area (Å²) in [5.41, 5.74) is 1.33. The predicted octanol–water partition coefficient (Wildman–Crippen LogP) is 0.0425. The molecule has 0 unspecified atom stereocenters. The van der Waals surface area contributed by atoms with E-state index in [2.05, 4.69) is 10.1 Å². The van der Waals surface area contributed by atoms with Crippen molar-refractivity contribution in [3.05, 3.63) is 33.4 Å². The quantitative estimate of drug-likeness (QED) is 0.761. The molecule has 0 bridgehead atoms. The molecule has 0 aromatic carbocycles. The van der Waals surface area contributed by atoms with Crippen LogP contribution in [0.4, 0.5) is 0 Å². The molecule has 7 nitrogen and oxygen atoms in total. The lowest BCUT2D eigenvalue weighted by atomic mass is 10.2. The van der Waals surface area contributed by atoms with E-state index in [1.54, 1.807) is 13.8 Å². The molecule has 0 aliphatic rings. The van der Waals surface area contributed by atoms with Crippen molar-refractivity contribution in [2.24, 2.45) is 0 Å². The van der Waals surface area contributed by atoms with E-state index in [-0.39, 0.29) is 30.9 Å². The molecule has 0 amide bonds. The summed E-state index contributed by atoms with van der Waals surface area (Å²) in [5, 5.41) is 13.1. The van der Waals surface area contributed by atoms with Gasteiger partial charge in [0.25, 0.3) is 5.56 Å². The molecule has 0 atom stereocenters. The fourth-order valence-electron chi connectivity index (χ4n) is 1.92. The lowest BCUT2D eigenvalue weighted by molar-refractivity contribution is 0.0519. The Bertz CT molecular complexity index is 671. The van der Waals surface area contributed by atoms with Gasteiger partial charge in [-0.3, -0.25) is 4.79 Å². The van der Waals surface area contributed by atoms with Gasteiger partial charge in [-0.2, -0.15) is 5.10 Å². The number of H-pyrrole nitrogens is 1. The van der Waals surface area contributed by atoms with E-state index < -0.39 is 5.97 Å². The number of fused-ring (bicyclic) bond motifs is 1. The smallest absolute Gasteiger partial charge is 0.358 e. The zero-order chi connectivity index (χ0) is 14.0. The number of ether oxygens (including phenoxy) is 1. The van der Waals surface area contributed by atoms with Crippen LogP contribution in [-0.2, 0) is 11.2 Å². The number of carbonyl (C=O) groups excluding carboxylic acids is 1. The molecule has 2 N–H and O–H groups in total. The second-order valence-corrected chi connectivity index (χ2v) is 4.04. The van der Waals surface area contributed by atoms with Gasteiger partial charge >= 0.3 is 5.97 Å². The van der Waals surface area contributed by atoms with Crippen molar-refractivity contribution in [3.63, 3.8) is 0 Å². The number of aliphatic hydroxyl groups is 1. The first kappa shape index (κ1) is 13.3. The number of nitrogens with zero attached hydrogens (tertiary/aromatic N) is 2.